The molecule has 4 nitrogen and oxygen atoms in total. The van der Waals surface area contributed by atoms with Crippen molar-refractivity contribution in [2.75, 3.05) is 0 Å². The van der Waals surface area contributed by atoms with E-state index in [9.17, 15) is 9.59 Å². The van der Waals surface area contributed by atoms with Gasteiger partial charge in [0.1, 0.15) is 0 Å². The van der Waals surface area contributed by atoms with Crippen LogP contribution in [-0.2, 0) is 4.79 Å². The quantitative estimate of drug-likeness (QED) is 0.500. The standard InChI is InChI=1S/C5H6N2O2/c1-3-2-4(8)7-5(9)6-3/h2H2,1H3,(H,7,8,9). The van der Waals surface area contributed by atoms with Gasteiger partial charge in [-0.1, -0.05) is 0 Å². The van der Waals surface area contributed by atoms with Crippen LogP contribution in [0.5, 0.6) is 0 Å². The van der Waals surface area contributed by atoms with Gasteiger partial charge in [0.05, 0.1) is 6.42 Å². The third kappa shape index (κ3) is 1.35. The zero-order valence-electron chi connectivity index (χ0n) is 4.97. The summed E-state index contributed by atoms with van der Waals surface area (Å²) in [5, 5.41) is 2.04. The second kappa shape index (κ2) is 1.97. The molecule has 0 aromatic heterocycles. The number of imide groups is 1. The van der Waals surface area contributed by atoms with E-state index in [4.69, 9.17) is 0 Å². The molecule has 9 heavy (non-hydrogen) atoms. The second-order valence-electron chi connectivity index (χ2n) is 1.88. The summed E-state index contributed by atoms with van der Waals surface area (Å²) in [7, 11) is 0. The van der Waals surface area contributed by atoms with E-state index < -0.39 is 6.03 Å². The monoisotopic (exact) mass is 126 g/mol. The number of hydrogen-bond acceptors (Lipinski definition) is 2. The highest BCUT2D eigenvalue weighted by Crippen LogP contribution is 1.93. The molecule has 0 atom stereocenters. The van der Waals surface area contributed by atoms with Gasteiger partial charge in [0.15, 0.2) is 0 Å². The minimum absolute atomic E-state index is 0.242. The third-order valence-electron chi connectivity index (χ3n) is 0.955. The first-order valence-corrected chi connectivity index (χ1v) is 2.56. The first-order valence-electron chi connectivity index (χ1n) is 2.56. The highest BCUT2D eigenvalue weighted by atomic mass is 16.2. The van der Waals surface area contributed by atoms with Crippen molar-refractivity contribution in [3.63, 3.8) is 0 Å². The van der Waals surface area contributed by atoms with E-state index in [0.717, 1.165) is 0 Å². The Morgan fingerprint density at radius 2 is 2.22 bits per heavy atom. The Morgan fingerprint density at radius 3 is 2.67 bits per heavy atom. The molecule has 1 aliphatic rings. The molecule has 0 fully saturated rings. The normalized spacial score (nSPS) is 19.0. The predicted molar refractivity (Wildman–Crippen MR) is 31.3 cm³/mol. The predicted octanol–water partition coefficient (Wildman–Crippen LogP) is 0.0872. The fraction of sp³-hybridized carbons (Fsp3) is 0.400. The van der Waals surface area contributed by atoms with Crippen LogP contribution in [0.1, 0.15) is 13.3 Å². The summed E-state index contributed by atoms with van der Waals surface area (Å²) < 4.78 is 0. The third-order valence-corrected chi connectivity index (χ3v) is 0.955. The van der Waals surface area contributed by atoms with Crippen molar-refractivity contribution in [2.45, 2.75) is 13.3 Å². The van der Waals surface area contributed by atoms with Crippen LogP contribution in [0.15, 0.2) is 4.99 Å². The van der Waals surface area contributed by atoms with Crippen molar-refractivity contribution in [2.24, 2.45) is 4.99 Å². The smallest absolute Gasteiger partial charge is 0.276 e. The van der Waals surface area contributed by atoms with E-state index in [0.29, 0.717) is 5.71 Å². The van der Waals surface area contributed by atoms with Gasteiger partial charge in [-0.2, -0.15) is 0 Å². The summed E-state index contributed by atoms with van der Waals surface area (Å²) in [6.07, 6.45) is 0.242. The van der Waals surface area contributed by atoms with E-state index in [2.05, 4.69) is 4.99 Å². The van der Waals surface area contributed by atoms with Crippen LogP contribution in [0.3, 0.4) is 0 Å². The fourth-order valence-corrected chi connectivity index (χ4v) is 0.637. The van der Waals surface area contributed by atoms with E-state index >= 15 is 0 Å². The van der Waals surface area contributed by atoms with E-state index in [1.54, 1.807) is 6.92 Å². The summed E-state index contributed by atoms with van der Waals surface area (Å²) in [5.41, 5.74) is 0.573. The lowest BCUT2D eigenvalue weighted by Gasteiger charge is -2.05. The molecule has 1 N–H and O–H groups in total. The lowest BCUT2D eigenvalue weighted by molar-refractivity contribution is -0.118. The molecule has 3 amide bonds. The summed E-state index contributed by atoms with van der Waals surface area (Å²) in [4.78, 5) is 24.3. The molecule has 0 saturated carbocycles. The molecule has 0 unspecified atom stereocenters. The molecule has 48 valence electrons. The Kier molecular flexibility index (Phi) is 1.30. The number of urea groups is 1. The number of rotatable bonds is 0. The number of carbonyl (C=O) groups is 2. The number of hydrogen-bond donors (Lipinski definition) is 1. The molecule has 0 aliphatic carbocycles. The fourth-order valence-electron chi connectivity index (χ4n) is 0.637. The molecular formula is C5H6N2O2. The topological polar surface area (TPSA) is 58.5 Å². The Balaban J connectivity index is 2.79. The van der Waals surface area contributed by atoms with Crippen LogP contribution in [-0.4, -0.2) is 17.6 Å². The zero-order valence-corrected chi connectivity index (χ0v) is 4.97. The highest BCUT2D eigenvalue weighted by molar-refractivity contribution is 6.13. The minimum Gasteiger partial charge on any atom is -0.276 e. The van der Waals surface area contributed by atoms with Crippen molar-refractivity contribution in [3.8, 4) is 0 Å². The summed E-state index contributed by atoms with van der Waals surface area (Å²) in [5.74, 6) is -0.271. The van der Waals surface area contributed by atoms with Gasteiger partial charge in [-0.05, 0) is 6.92 Å². The lowest BCUT2D eigenvalue weighted by atomic mass is 10.2. The van der Waals surface area contributed by atoms with Crippen molar-refractivity contribution in [1.29, 1.82) is 0 Å². The summed E-state index contributed by atoms with van der Waals surface area (Å²) >= 11 is 0. The molecule has 4 heteroatoms. The Bertz CT molecular complexity index is 195. The summed E-state index contributed by atoms with van der Waals surface area (Å²) in [6, 6.07) is -0.552. The Labute approximate surface area is 52.0 Å². The van der Waals surface area contributed by atoms with Gasteiger partial charge < -0.3 is 0 Å². The number of aliphatic imine (C=N–C) groups is 1. The van der Waals surface area contributed by atoms with Gasteiger partial charge >= 0.3 is 6.03 Å². The minimum atomic E-state index is -0.552. The number of nitrogens with zero attached hydrogens (tertiary/aromatic N) is 1. The molecule has 1 aliphatic heterocycles. The van der Waals surface area contributed by atoms with Crippen molar-refractivity contribution < 1.29 is 9.59 Å². The SMILES string of the molecule is CC1=NC(=O)NC(=O)C1. The maximum atomic E-state index is 10.5. The molecule has 0 radical (unpaired) electrons. The molecule has 0 bridgehead atoms. The van der Waals surface area contributed by atoms with Crippen LogP contribution in [0.2, 0.25) is 0 Å². The molecule has 0 spiro atoms. The van der Waals surface area contributed by atoms with E-state index in [1.165, 1.54) is 0 Å². The second-order valence-corrected chi connectivity index (χ2v) is 1.88. The lowest BCUT2D eigenvalue weighted by Crippen LogP contribution is -2.34. The molecule has 0 aromatic carbocycles. The maximum absolute atomic E-state index is 10.5. The van der Waals surface area contributed by atoms with Crippen LogP contribution in [0.25, 0.3) is 0 Å². The largest absolute Gasteiger partial charge is 0.347 e. The van der Waals surface area contributed by atoms with Gasteiger partial charge in [-0.15, -0.1) is 0 Å². The first kappa shape index (κ1) is 5.94. The van der Waals surface area contributed by atoms with Gasteiger partial charge in [0.25, 0.3) is 0 Å². The molecule has 1 heterocycles. The van der Waals surface area contributed by atoms with Crippen LogP contribution in [0.4, 0.5) is 4.79 Å². The van der Waals surface area contributed by atoms with Crippen LogP contribution >= 0.6 is 0 Å². The van der Waals surface area contributed by atoms with Crippen LogP contribution in [0, 0.1) is 0 Å². The van der Waals surface area contributed by atoms with Crippen molar-refractivity contribution in [1.82, 2.24) is 5.32 Å². The van der Waals surface area contributed by atoms with E-state index in [1.807, 2.05) is 5.32 Å². The van der Waals surface area contributed by atoms with E-state index in [-0.39, 0.29) is 12.3 Å². The van der Waals surface area contributed by atoms with Gasteiger partial charge in [0, 0.05) is 5.71 Å². The number of nitrogens with one attached hydrogen (secondary N) is 1. The van der Waals surface area contributed by atoms with Crippen LogP contribution < -0.4 is 5.32 Å². The van der Waals surface area contributed by atoms with Gasteiger partial charge in [-0.25, -0.2) is 9.79 Å². The molecule has 1 rings (SSSR count). The highest BCUT2D eigenvalue weighted by Gasteiger charge is 2.13. The average Bonchev–Trinajstić information content (AvgIpc) is 1.59. The van der Waals surface area contributed by atoms with Gasteiger partial charge in [0.2, 0.25) is 5.91 Å². The van der Waals surface area contributed by atoms with Crippen molar-refractivity contribution in [3.05, 3.63) is 0 Å². The number of amides is 3. The van der Waals surface area contributed by atoms with Crippen molar-refractivity contribution >= 4 is 17.6 Å². The molecular weight excluding hydrogens is 120 g/mol. The molecule has 0 aromatic rings. The average molecular weight is 126 g/mol. The maximum Gasteiger partial charge on any atom is 0.347 e. The summed E-state index contributed by atoms with van der Waals surface area (Å²) in [6.45, 7) is 1.65. The Hall–Kier alpha value is -1.19. The van der Waals surface area contributed by atoms with Gasteiger partial charge in [-0.3, -0.25) is 10.1 Å². The molecule has 0 saturated heterocycles. The zero-order chi connectivity index (χ0) is 6.85. The first-order chi connectivity index (χ1) is 4.18. The number of carbonyl (C=O) groups excluding carboxylic acids is 2. The Morgan fingerprint density at radius 1 is 1.56 bits per heavy atom.